The fourth-order valence-electron chi connectivity index (χ4n) is 2.31. The third-order valence-corrected chi connectivity index (χ3v) is 4.16. The highest BCUT2D eigenvalue weighted by Crippen LogP contribution is 2.29. The third kappa shape index (κ3) is 7.87. The van der Waals surface area contributed by atoms with Gasteiger partial charge in [-0.1, -0.05) is 58.1 Å². The zero-order valence-corrected chi connectivity index (χ0v) is 15.2. The lowest BCUT2D eigenvalue weighted by molar-refractivity contribution is 0.299. The van der Waals surface area contributed by atoms with Crippen molar-refractivity contribution in [3.8, 4) is 5.75 Å². The number of rotatable bonds is 12. The molecule has 0 radical (unpaired) electrons. The smallest absolute Gasteiger partial charge is 0.137 e. The maximum Gasteiger partial charge on any atom is 0.137 e. The van der Waals surface area contributed by atoms with Crippen LogP contribution in [0.4, 0.5) is 0 Å². The molecule has 0 atom stereocenters. The molecule has 1 rings (SSSR count). The highest BCUT2D eigenvalue weighted by molar-refractivity contribution is 9.10. The second-order valence-corrected chi connectivity index (χ2v) is 6.38. The lowest BCUT2D eigenvalue weighted by Crippen LogP contribution is -2.15. The molecule has 1 aromatic carbocycles. The number of halogens is 1. The van der Waals surface area contributed by atoms with Crippen LogP contribution in [-0.4, -0.2) is 13.2 Å². The topological polar surface area (TPSA) is 21.3 Å². The van der Waals surface area contributed by atoms with E-state index in [0.717, 1.165) is 42.8 Å². The summed E-state index contributed by atoms with van der Waals surface area (Å²) < 4.78 is 7.08. The molecule has 3 heteroatoms. The average Bonchev–Trinajstić information content (AvgIpc) is 2.49. The summed E-state index contributed by atoms with van der Waals surface area (Å²) in [5.41, 5.74) is 1.24. The second kappa shape index (κ2) is 12.0. The van der Waals surface area contributed by atoms with Crippen molar-refractivity contribution in [3.63, 3.8) is 0 Å². The van der Waals surface area contributed by atoms with Gasteiger partial charge in [0.15, 0.2) is 0 Å². The van der Waals surface area contributed by atoms with Gasteiger partial charge in [-0.2, -0.15) is 0 Å². The Labute approximate surface area is 138 Å². The van der Waals surface area contributed by atoms with E-state index in [1.54, 1.807) is 0 Å². The van der Waals surface area contributed by atoms with Gasteiger partial charge < -0.3 is 10.1 Å². The minimum absolute atomic E-state index is 0.815. The summed E-state index contributed by atoms with van der Waals surface area (Å²) >= 11 is 3.61. The van der Waals surface area contributed by atoms with Gasteiger partial charge in [0.2, 0.25) is 0 Å². The van der Waals surface area contributed by atoms with Gasteiger partial charge in [-0.25, -0.2) is 0 Å². The summed E-state index contributed by atoms with van der Waals surface area (Å²) in [6, 6.07) is 6.27. The fraction of sp³-hybridized carbons (Fsp3) is 0.667. The van der Waals surface area contributed by atoms with Crippen LogP contribution in [0.5, 0.6) is 5.75 Å². The zero-order valence-electron chi connectivity index (χ0n) is 13.6. The molecule has 0 saturated carbocycles. The van der Waals surface area contributed by atoms with Gasteiger partial charge in [0, 0.05) is 12.1 Å². The van der Waals surface area contributed by atoms with Gasteiger partial charge in [0.1, 0.15) is 5.75 Å². The van der Waals surface area contributed by atoms with Crippen LogP contribution in [0.1, 0.15) is 64.4 Å². The number of hydrogen-bond acceptors (Lipinski definition) is 2. The Hall–Kier alpha value is -0.540. The van der Waals surface area contributed by atoms with E-state index >= 15 is 0 Å². The van der Waals surface area contributed by atoms with E-state index in [4.69, 9.17) is 4.74 Å². The van der Waals surface area contributed by atoms with E-state index in [-0.39, 0.29) is 0 Å². The fourth-order valence-corrected chi connectivity index (χ4v) is 2.83. The highest BCUT2D eigenvalue weighted by Gasteiger charge is 2.07. The Balaban J connectivity index is 2.35. The molecule has 21 heavy (non-hydrogen) atoms. The quantitative estimate of drug-likeness (QED) is 0.486. The van der Waals surface area contributed by atoms with Crippen LogP contribution >= 0.6 is 15.9 Å². The van der Waals surface area contributed by atoms with Crippen LogP contribution in [0.25, 0.3) is 0 Å². The van der Waals surface area contributed by atoms with Crippen molar-refractivity contribution >= 4 is 15.9 Å². The van der Waals surface area contributed by atoms with Crippen LogP contribution in [0, 0.1) is 0 Å². The van der Waals surface area contributed by atoms with Gasteiger partial charge in [0.05, 0.1) is 11.1 Å². The molecule has 1 aromatic rings. The first-order valence-corrected chi connectivity index (χ1v) is 9.19. The molecule has 0 fully saturated rings. The Bertz CT molecular complexity index is 381. The number of benzene rings is 1. The Morgan fingerprint density at radius 3 is 2.52 bits per heavy atom. The number of ether oxygens (including phenoxy) is 1. The molecular weight excluding hydrogens is 326 g/mol. The van der Waals surface area contributed by atoms with Crippen molar-refractivity contribution in [1.29, 1.82) is 0 Å². The van der Waals surface area contributed by atoms with Gasteiger partial charge in [-0.3, -0.25) is 0 Å². The van der Waals surface area contributed by atoms with Gasteiger partial charge in [-0.05, 0) is 41.4 Å². The minimum atomic E-state index is 0.815. The standard InChI is InChI=1S/C18H30BrNO/c1-3-5-6-7-8-9-14-21-18-16(15-20-13-4-2)11-10-12-17(18)19/h10-12,20H,3-9,13-15H2,1-2H3. The highest BCUT2D eigenvalue weighted by atomic mass is 79.9. The van der Waals surface area contributed by atoms with E-state index in [1.165, 1.54) is 37.7 Å². The first-order chi connectivity index (χ1) is 10.3. The molecule has 0 unspecified atom stereocenters. The average molecular weight is 356 g/mol. The Kier molecular flexibility index (Phi) is 10.6. The number of hydrogen-bond donors (Lipinski definition) is 1. The molecular formula is C18H30BrNO. The van der Waals surface area contributed by atoms with Crippen molar-refractivity contribution in [2.75, 3.05) is 13.2 Å². The monoisotopic (exact) mass is 355 g/mol. The number of unbranched alkanes of at least 4 members (excludes halogenated alkanes) is 5. The Morgan fingerprint density at radius 1 is 1.00 bits per heavy atom. The van der Waals surface area contributed by atoms with Crippen molar-refractivity contribution in [3.05, 3.63) is 28.2 Å². The molecule has 0 aliphatic carbocycles. The summed E-state index contributed by atoms with van der Waals surface area (Å²) in [5, 5.41) is 3.44. The molecule has 0 aliphatic heterocycles. The first kappa shape index (κ1) is 18.5. The van der Waals surface area contributed by atoms with Gasteiger partial charge in [-0.15, -0.1) is 0 Å². The maximum absolute atomic E-state index is 6.02. The molecule has 1 N–H and O–H groups in total. The van der Waals surface area contributed by atoms with Crippen molar-refractivity contribution in [2.45, 2.75) is 65.3 Å². The summed E-state index contributed by atoms with van der Waals surface area (Å²) in [6.07, 6.45) is 8.93. The number of nitrogens with one attached hydrogen (secondary N) is 1. The normalized spacial score (nSPS) is 10.8. The number of para-hydroxylation sites is 1. The predicted molar refractivity (Wildman–Crippen MR) is 95.0 cm³/mol. The van der Waals surface area contributed by atoms with Crippen LogP contribution in [0.15, 0.2) is 22.7 Å². The third-order valence-electron chi connectivity index (χ3n) is 3.54. The van der Waals surface area contributed by atoms with Gasteiger partial charge in [0.25, 0.3) is 0 Å². The predicted octanol–water partition coefficient (Wildman–Crippen LogP) is 5.69. The Morgan fingerprint density at radius 2 is 1.76 bits per heavy atom. The molecule has 2 nitrogen and oxygen atoms in total. The van der Waals surface area contributed by atoms with Gasteiger partial charge >= 0.3 is 0 Å². The van der Waals surface area contributed by atoms with Crippen molar-refractivity contribution in [2.24, 2.45) is 0 Å². The van der Waals surface area contributed by atoms with Crippen LogP contribution < -0.4 is 10.1 Å². The van der Waals surface area contributed by atoms with E-state index < -0.39 is 0 Å². The molecule has 0 spiro atoms. The van der Waals surface area contributed by atoms with E-state index in [0.29, 0.717) is 0 Å². The first-order valence-electron chi connectivity index (χ1n) is 8.40. The van der Waals surface area contributed by atoms with E-state index in [9.17, 15) is 0 Å². The van der Waals surface area contributed by atoms with Crippen LogP contribution in [-0.2, 0) is 6.54 Å². The molecule has 0 bridgehead atoms. The molecule has 0 saturated heterocycles. The maximum atomic E-state index is 6.02. The minimum Gasteiger partial charge on any atom is -0.492 e. The van der Waals surface area contributed by atoms with E-state index in [1.807, 2.05) is 0 Å². The summed E-state index contributed by atoms with van der Waals surface area (Å²) in [5.74, 6) is 1.01. The molecule has 0 amide bonds. The van der Waals surface area contributed by atoms with E-state index in [2.05, 4.69) is 53.3 Å². The lowest BCUT2D eigenvalue weighted by atomic mass is 10.1. The molecule has 0 aromatic heterocycles. The van der Waals surface area contributed by atoms with Crippen molar-refractivity contribution in [1.82, 2.24) is 5.32 Å². The zero-order chi connectivity index (χ0) is 15.3. The molecule has 0 heterocycles. The van der Waals surface area contributed by atoms with Crippen molar-refractivity contribution < 1.29 is 4.74 Å². The summed E-state index contributed by atoms with van der Waals surface area (Å²) in [7, 11) is 0. The summed E-state index contributed by atoms with van der Waals surface area (Å²) in [6.45, 7) is 7.17. The largest absolute Gasteiger partial charge is 0.492 e. The van der Waals surface area contributed by atoms with Crippen LogP contribution in [0.3, 0.4) is 0 Å². The molecule has 0 aliphatic rings. The van der Waals surface area contributed by atoms with Crippen LogP contribution in [0.2, 0.25) is 0 Å². The lowest BCUT2D eigenvalue weighted by Gasteiger charge is -2.14. The SMILES string of the molecule is CCCCCCCCOc1c(Br)cccc1CNCCC. The second-order valence-electron chi connectivity index (χ2n) is 5.52. The molecule has 120 valence electrons. The summed E-state index contributed by atoms with van der Waals surface area (Å²) in [4.78, 5) is 0.